The first kappa shape index (κ1) is 14.6. The Morgan fingerprint density at radius 2 is 1.79 bits per heavy atom. The molecule has 1 heterocycles. The van der Waals surface area contributed by atoms with E-state index in [-0.39, 0.29) is 24.5 Å². The van der Waals surface area contributed by atoms with Crippen LogP contribution in [0, 0.1) is 0 Å². The van der Waals surface area contributed by atoms with Gasteiger partial charge in [0.15, 0.2) is 5.69 Å². The molecule has 0 bridgehead atoms. The molecule has 0 aromatic carbocycles. The molecule has 0 radical (unpaired) electrons. The average molecular weight is 271 g/mol. The Hall–Kier alpha value is -2.45. The van der Waals surface area contributed by atoms with Crippen molar-refractivity contribution in [3.05, 3.63) is 11.4 Å². The van der Waals surface area contributed by atoms with E-state index in [1.807, 2.05) is 0 Å². The van der Waals surface area contributed by atoms with Crippen LogP contribution in [0.15, 0.2) is 0 Å². The second kappa shape index (κ2) is 6.47. The number of methoxy groups -OCH3 is 2. The molecule has 1 aromatic rings. The lowest BCUT2D eigenvalue weighted by molar-refractivity contribution is -0.144. The summed E-state index contributed by atoms with van der Waals surface area (Å²) in [6.07, 6.45) is 0. The van der Waals surface area contributed by atoms with Gasteiger partial charge in [-0.25, -0.2) is 14.3 Å². The van der Waals surface area contributed by atoms with Crippen molar-refractivity contribution in [3.8, 4) is 0 Å². The van der Waals surface area contributed by atoms with Gasteiger partial charge in [-0.1, -0.05) is 5.21 Å². The van der Waals surface area contributed by atoms with Crippen LogP contribution in [-0.4, -0.2) is 53.7 Å². The van der Waals surface area contributed by atoms with Crippen molar-refractivity contribution in [3.63, 3.8) is 0 Å². The number of carbonyl (C=O) groups excluding carboxylic acids is 3. The van der Waals surface area contributed by atoms with Crippen molar-refractivity contribution in [2.24, 2.45) is 0 Å². The van der Waals surface area contributed by atoms with Gasteiger partial charge in [0.2, 0.25) is 5.69 Å². The fourth-order valence-corrected chi connectivity index (χ4v) is 1.29. The highest BCUT2D eigenvalue weighted by Gasteiger charge is 2.27. The lowest BCUT2D eigenvalue weighted by Gasteiger charge is -2.05. The monoisotopic (exact) mass is 271 g/mol. The maximum atomic E-state index is 11.6. The molecule has 1 rings (SSSR count). The van der Waals surface area contributed by atoms with Crippen LogP contribution in [0.2, 0.25) is 0 Å². The van der Waals surface area contributed by atoms with Crippen molar-refractivity contribution < 1.29 is 28.6 Å². The van der Waals surface area contributed by atoms with Gasteiger partial charge in [0.1, 0.15) is 6.54 Å². The quantitative estimate of drug-likeness (QED) is 0.516. The molecule has 0 atom stereocenters. The SMILES string of the molecule is CCOC(=O)Cn1nnc(C(=O)OC)c1C(=O)OC. The van der Waals surface area contributed by atoms with Crippen LogP contribution >= 0.6 is 0 Å². The summed E-state index contributed by atoms with van der Waals surface area (Å²) in [4.78, 5) is 34.4. The normalized spacial score (nSPS) is 9.84. The van der Waals surface area contributed by atoms with Gasteiger partial charge in [-0.15, -0.1) is 5.10 Å². The molecule has 9 nitrogen and oxygen atoms in total. The van der Waals surface area contributed by atoms with E-state index >= 15 is 0 Å². The van der Waals surface area contributed by atoms with Crippen LogP contribution in [-0.2, 0) is 25.5 Å². The summed E-state index contributed by atoms with van der Waals surface area (Å²) in [7, 11) is 2.26. The fraction of sp³-hybridized carbons (Fsp3) is 0.500. The summed E-state index contributed by atoms with van der Waals surface area (Å²) >= 11 is 0. The molecule has 9 heteroatoms. The van der Waals surface area contributed by atoms with Gasteiger partial charge in [0, 0.05) is 0 Å². The Morgan fingerprint density at radius 1 is 1.16 bits per heavy atom. The summed E-state index contributed by atoms with van der Waals surface area (Å²) in [5, 5.41) is 7.04. The minimum atomic E-state index is -0.852. The lowest BCUT2D eigenvalue weighted by atomic mass is 10.3. The van der Waals surface area contributed by atoms with E-state index in [2.05, 4.69) is 19.8 Å². The van der Waals surface area contributed by atoms with Gasteiger partial charge in [0.05, 0.1) is 20.8 Å². The molecular formula is C10H13N3O6. The van der Waals surface area contributed by atoms with Gasteiger partial charge in [-0.3, -0.25) is 4.79 Å². The van der Waals surface area contributed by atoms with Crippen LogP contribution in [0.3, 0.4) is 0 Å². The molecule has 104 valence electrons. The van der Waals surface area contributed by atoms with Crippen molar-refractivity contribution in [1.29, 1.82) is 0 Å². The Balaban J connectivity index is 3.11. The second-order valence-corrected chi connectivity index (χ2v) is 3.23. The van der Waals surface area contributed by atoms with Crippen LogP contribution in [0.1, 0.15) is 27.9 Å². The molecule has 1 aromatic heterocycles. The van der Waals surface area contributed by atoms with E-state index in [0.29, 0.717) is 0 Å². The van der Waals surface area contributed by atoms with Crippen LogP contribution in [0.5, 0.6) is 0 Å². The zero-order valence-corrected chi connectivity index (χ0v) is 10.7. The molecule has 0 amide bonds. The van der Waals surface area contributed by atoms with E-state index in [0.717, 1.165) is 18.9 Å². The summed E-state index contributed by atoms with van der Waals surface area (Å²) in [6, 6.07) is 0. The van der Waals surface area contributed by atoms with Gasteiger partial charge in [-0.2, -0.15) is 0 Å². The molecule has 0 unspecified atom stereocenters. The maximum Gasteiger partial charge on any atom is 0.361 e. The molecule has 19 heavy (non-hydrogen) atoms. The number of hydrogen-bond donors (Lipinski definition) is 0. The predicted octanol–water partition coefficient (Wildman–Crippen LogP) is -0.586. The van der Waals surface area contributed by atoms with Crippen molar-refractivity contribution in [2.45, 2.75) is 13.5 Å². The zero-order chi connectivity index (χ0) is 14.4. The molecule has 0 aliphatic rings. The number of ether oxygens (including phenoxy) is 3. The number of nitrogens with zero attached hydrogens (tertiary/aromatic N) is 3. The Morgan fingerprint density at radius 3 is 2.32 bits per heavy atom. The fourth-order valence-electron chi connectivity index (χ4n) is 1.29. The standard InChI is InChI=1S/C10H13N3O6/c1-4-19-6(14)5-13-8(10(16)18-3)7(11-12-13)9(15)17-2/h4-5H2,1-3H3. The van der Waals surface area contributed by atoms with E-state index in [1.165, 1.54) is 0 Å². The van der Waals surface area contributed by atoms with Crippen LogP contribution in [0.4, 0.5) is 0 Å². The van der Waals surface area contributed by atoms with E-state index in [1.54, 1.807) is 6.92 Å². The van der Waals surface area contributed by atoms with Gasteiger partial charge in [-0.05, 0) is 6.92 Å². The minimum absolute atomic E-state index is 0.185. The molecule has 0 aliphatic heterocycles. The first-order valence-electron chi connectivity index (χ1n) is 5.30. The third kappa shape index (κ3) is 3.27. The summed E-state index contributed by atoms with van der Waals surface area (Å²) in [6.45, 7) is 1.47. The number of carbonyl (C=O) groups is 3. The third-order valence-corrected chi connectivity index (χ3v) is 2.08. The first-order valence-corrected chi connectivity index (χ1v) is 5.30. The molecule has 0 aliphatic carbocycles. The molecule has 0 fully saturated rings. The molecule has 0 spiro atoms. The van der Waals surface area contributed by atoms with Gasteiger partial charge < -0.3 is 14.2 Å². The molecular weight excluding hydrogens is 258 g/mol. The highest BCUT2D eigenvalue weighted by molar-refractivity contribution is 6.00. The van der Waals surface area contributed by atoms with E-state index < -0.39 is 17.9 Å². The van der Waals surface area contributed by atoms with E-state index in [4.69, 9.17) is 4.74 Å². The Kier molecular flexibility index (Phi) is 4.98. The summed E-state index contributed by atoms with van der Waals surface area (Å²) < 4.78 is 14.6. The largest absolute Gasteiger partial charge is 0.465 e. The topological polar surface area (TPSA) is 110 Å². The number of aromatic nitrogens is 3. The van der Waals surface area contributed by atoms with Crippen molar-refractivity contribution in [1.82, 2.24) is 15.0 Å². The summed E-state index contributed by atoms with van der Waals surface area (Å²) in [5.41, 5.74) is -0.582. The highest BCUT2D eigenvalue weighted by atomic mass is 16.5. The smallest absolute Gasteiger partial charge is 0.361 e. The average Bonchev–Trinajstić information content (AvgIpc) is 2.80. The second-order valence-electron chi connectivity index (χ2n) is 3.23. The highest BCUT2D eigenvalue weighted by Crippen LogP contribution is 2.09. The molecule has 0 saturated heterocycles. The van der Waals surface area contributed by atoms with Crippen molar-refractivity contribution >= 4 is 17.9 Å². The summed E-state index contributed by atoms with van der Waals surface area (Å²) in [5.74, 6) is -2.32. The number of hydrogen-bond acceptors (Lipinski definition) is 8. The first-order chi connectivity index (χ1) is 9.04. The van der Waals surface area contributed by atoms with Gasteiger partial charge in [0.25, 0.3) is 0 Å². The number of esters is 3. The third-order valence-electron chi connectivity index (χ3n) is 2.08. The van der Waals surface area contributed by atoms with Gasteiger partial charge >= 0.3 is 17.9 Å². The minimum Gasteiger partial charge on any atom is -0.465 e. The maximum absolute atomic E-state index is 11.6. The van der Waals surface area contributed by atoms with Crippen LogP contribution < -0.4 is 0 Å². The molecule has 0 saturated carbocycles. The Bertz CT molecular complexity index is 495. The zero-order valence-electron chi connectivity index (χ0n) is 10.7. The van der Waals surface area contributed by atoms with Crippen molar-refractivity contribution in [2.75, 3.05) is 20.8 Å². The van der Waals surface area contributed by atoms with Crippen LogP contribution in [0.25, 0.3) is 0 Å². The Labute approximate surface area is 108 Å². The predicted molar refractivity (Wildman–Crippen MR) is 59.3 cm³/mol. The number of rotatable bonds is 5. The van der Waals surface area contributed by atoms with E-state index in [9.17, 15) is 14.4 Å². The lowest BCUT2D eigenvalue weighted by Crippen LogP contribution is -2.21. The molecule has 0 N–H and O–H groups in total.